The molecule has 4 nitrogen and oxygen atoms in total. The normalized spacial score (nSPS) is 10.6. The van der Waals surface area contributed by atoms with Crippen LogP contribution in [0.2, 0.25) is 0 Å². The number of carbonyl (C=O) groups is 1. The van der Waals surface area contributed by atoms with E-state index in [1.165, 1.54) is 11.8 Å². The summed E-state index contributed by atoms with van der Waals surface area (Å²) in [6.45, 7) is 1.86. The van der Waals surface area contributed by atoms with Crippen LogP contribution in [0.1, 0.15) is 5.82 Å². The number of carbonyl (C=O) groups excluding carboxylic acids is 1. The molecule has 1 heterocycles. The first-order valence-electron chi connectivity index (χ1n) is 6.93. The average molecular weight is 309 g/mol. The third-order valence-electron chi connectivity index (χ3n) is 3.08. The summed E-state index contributed by atoms with van der Waals surface area (Å²) in [5.74, 6) is 0.983. The van der Waals surface area contributed by atoms with Crippen molar-refractivity contribution < 1.29 is 4.79 Å². The molecule has 2 aromatic carbocycles. The first-order chi connectivity index (χ1) is 10.7. The molecule has 110 valence electrons. The fraction of sp³-hybridized carbons (Fsp3) is 0.118. The molecule has 1 N–H and O–H groups in total. The number of rotatable bonds is 4. The van der Waals surface area contributed by atoms with Crippen LogP contribution in [-0.2, 0) is 4.79 Å². The van der Waals surface area contributed by atoms with Crippen LogP contribution in [0.4, 0.5) is 5.69 Å². The molecule has 0 aliphatic rings. The zero-order valence-corrected chi connectivity index (χ0v) is 12.9. The van der Waals surface area contributed by atoms with Gasteiger partial charge in [0.1, 0.15) is 10.9 Å². The van der Waals surface area contributed by atoms with Gasteiger partial charge in [-0.15, -0.1) is 0 Å². The number of aryl methyl sites for hydroxylation is 1. The van der Waals surface area contributed by atoms with Crippen molar-refractivity contribution in [3.05, 3.63) is 60.4 Å². The molecular weight excluding hydrogens is 294 g/mol. The molecule has 3 rings (SSSR count). The monoisotopic (exact) mass is 309 g/mol. The molecule has 1 aromatic heterocycles. The number of amides is 1. The van der Waals surface area contributed by atoms with Gasteiger partial charge in [-0.2, -0.15) is 0 Å². The minimum absolute atomic E-state index is 0.0449. The quantitative estimate of drug-likeness (QED) is 0.590. The number of para-hydroxylation sites is 2. The Morgan fingerprint density at radius 3 is 2.59 bits per heavy atom. The van der Waals surface area contributed by atoms with Crippen molar-refractivity contribution in [1.29, 1.82) is 0 Å². The van der Waals surface area contributed by atoms with Gasteiger partial charge >= 0.3 is 0 Å². The van der Waals surface area contributed by atoms with E-state index in [4.69, 9.17) is 0 Å². The second kappa shape index (κ2) is 6.58. The lowest BCUT2D eigenvalue weighted by Crippen LogP contribution is -2.14. The van der Waals surface area contributed by atoms with E-state index >= 15 is 0 Å². The number of nitrogens with one attached hydrogen (secondary N) is 1. The highest BCUT2D eigenvalue weighted by molar-refractivity contribution is 8.00. The maximum atomic E-state index is 12.0. The fourth-order valence-electron chi connectivity index (χ4n) is 2.12. The highest BCUT2D eigenvalue weighted by Gasteiger charge is 2.09. The Morgan fingerprint density at radius 2 is 1.77 bits per heavy atom. The summed E-state index contributed by atoms with van der Waals surface area (Å²) in [6.07, 6.45) is 0. The number of hydrogen-bond donors (Lipinski definition) is 1. The Bertz CT molecular complexity index is 805. The lowest BCUT2D eigenvalue weighted by atomic mass is 10.2. The highest BCUT2D eigenvalue weighted by Crippen LogP contribution is 2.25. The van der Waals surface area contributed by atoms with Gasteiger partial charge in [0.15, 0.2) is 0 Å². The first kappa shape index (κ1) is 14.5. The van der Waals surface area contributed by atoms with E-state index in [0.29, 0.717) is 11.6 Å². The fourth-order valence-corrected chi connectivity index (χ4v) is 2.99. The van der Waals surface area contributed by atoms with Gasteiger partial charge < -0.3 is 5.32 Å². The van der Waals surface area contributed by atoms with Gasteiger partial charge in [0.2, 0.25) is 5.91 Å². The molecule has 1 amide bonds. The van der Waals surface area contributed by atoms with Gasteiger partial charge in [0.05, 0.1) is 11.3 Å². The minimum Gasteiger partial charge on any atom is -0.325 e. The molecule has 0 saturated carbocycles. The number of nitrogens with zero attached hydrogens (tertiary/aromatic N) is 2. The molecular formula is C17H15N3OS. The molecule has 3 aromatic rings. The summed E-state index contributed by atoms with van der Waals surface area (Å²) in [5.41, 5.74) is 1.71. The average Bonchev–Trinajstić information content (AvgIpc) is 2.53. The molecule has 0 saturated heterocycles. The molecule has 0 aliphatic heterocycles. The largest absolute Gasteiger partial charge is 0.325 e. The molecule has 0 unspecified atom stereocenters. The summed E-state index contributed by atoms with van der Waals surface area (Å²) in [5, 5.41) is 4.69. The van der Waals surface area contributed by atoms with E-state index in [2.05, 4.69) is 15.3 Å². The lowest BCUT2D eigenvalue weighted by Gasteiger charge is -2.07. The summed E-state index contributed by atoms with van der Waals surface area (Å²) < 4.78 is 0. The van der Waals surface area contributed by atoms with Gasteiger partial charge in [-0.3, -0.25) is 4.79 Å². The summed E-state index contributed by atoms with van der Waals surface area (Å²) in [6, 6.07) is 17.3. The van der Waals surface area contributed by atoms with E-state index in [0.717, 1.165) is 21.6 Å². The molecule has 0 radical (unpaired) electrons. The smallest absolute Gasteiger partial charge is 0.234 e. The van der Waals surface area contributed by atoms with Crippen LogP contribution in [0, 0.1) is 6.92 Å². The van der Waals surface area contributed by atoms with Gasteiger partial charge in [0, 0.05) is 11.1 Å². The van der Waals surface area contributed by atoms with Crippen LogP contribution in [0.15, 0.2) is 59.6 Å². The van der Waals surface area contributed by atoms with Gasteiger partial charge in [-0.25, -0.2) is 9.97 Å². The van der Waals surface area contributed by atoms with E-state index in [1.807, 2.05) is 61.5 Å². The van der Waals surface area contributed by atoms with E-state index in [1.54, 1.807) is 0 Å². The van der Waals surface area contributed by atoms with Crippen molar-refractivity contribution in [3.8, 4) is 0 Å². The van der Waals surface area contributed by atoms with Crippen molar-refractivity contribution >= 4 is 34.3 Å². The summed E-state index contributed by atoms with van der Waals surface area (Å²) >= 11 is 1.43. The van der Waals surface area contributed by atoms with Crippen LogP contribution < -0.4 is 5.32 Å². The molecule has 0 aliphatic carbocycles. The van der Waals surface area contributed by atoms with Crippen molar-refractivity contribution in [1.82, 2.24) is 9.97 Å². The number of aromatic nitrogens is 2. The molecule has 0 fully saturated rings. The Hall–Kier alpha value is -2.40. The highest BCUT2D eigenvalue weighted by atomic mass is 32.2. The number of benzene rings is 2. The second-order valence-corrected chi connectivity index (χ2v) is 5.76. The maximum absolute atomic E-state index is 12.0. The molecule has 22 heavy (non-hydrogen) atoms. The topological polar surface area (TPSA) is 54.9 Å². The van der Waals surface area contributed by atoms with Crippen LogP contribution in [0.3, 0.4) is 0 Å². The van der Waals surface area contributed by atoms with Crippen LogP contribution in [-0.4, -0.2) is 21.6 Å². The third-order valence-corrected chi connectivity index (χ3v) is 4.07. The number of thioether (sulfide) groups is 1. The number of anilines is 1. The van der Waals surface area contributed by atoms with Gasteiger partial charge in [0.25, 0.3) is 0 Å². The number of fused-ring (bicyclic) bond motifs is 1. The van der Waals surface area contributed by atoms with Gasteiger partial charge in [-0.1, -0.05) is 48.2 Å². The Morgan fingerprint density at radius 1 is 1.05 bits per heavy atom. The van der Waals surface area contributed by atoms with Crippen LogP contribution in [0.25, 0.3) is 10.9 Å². The zero-order valence-electron chi connectivity index (χ0n) is 12.1. The summed E-state index contributed by atoms with van der Waals surface area (Å²) in [4.78, 5) is 20.9. The molecule has 0 spiro atoms. The van der Waals surface area contributed by atoms with Crippen molar-refractivity contribution in [2.45, 2.75) is 11.9 Å². The molecule has 5 heteroatoms. The first-order valence-corrected chi connectivity index (χ1v) is 7.92. The minimum atomic E-state index is -0.0449. The van der Waals surface area contributed by atoms with Crippen molar-refractivity contribution in [2.24, 2.45) is 0 Å². The number of hydrogen-bond acceptors (Lipinski definition) is 4. The second-order valence-electron chi connectivity index (χ2n) is 4.80. The summed E-state index contributed by atoms with van der Waals surface area (Å²) in [7, 11) is 0. The van der Waals surface area contributed by atoms with Crippen molar-refractivity contribution in [3.63, 3.8) is 0 Å². The van der Waals surface area contributed by atoms with E-state index in [9.17, 15) is 4.79 Å². The Kier molecular flexibility index (Phi) is 4.34. The third kappa shape index (κ3) is 3.43. The molecule has 0 bridgehead atoms. The Labute approximate surface area is 133 Å². The predicted molar refractivity (Wildman–Crippen MR) is 90.1 cm³/mol. The SMILES string of the molecule is Cc1nc(SCC(=O)Nc2ccccc2)c2ccccc2n1. The van der Waals surface area contributed by atoms with Gasteiger partial charge in [-0.05, 0) is 25.1 Å². The zero-order chi connectivity index (χ0) is 15.4. The van der Waals surface area contributed by atoms with Crippen LogP contribution in [0.5, 0.6) is 0 Å². The maximum Gasteiger partial charge on any atom is 0.234 e. The van der Waals surface area contributed by atoms with Crippen LogP contribution >= 0.6 is 11.8 Å². The molecule has 0 atom stereocenters. The van der Waals surface area contributed by atoms with E-state index in [-0.39, 0.29) is 5.91 Å². The van der Waals surface area contributed by atoms with E-state index < -0.39 is 0 Å². The van der Waals surface area contributed by atoms with Crippen molar-refractivity contribution in [2.75, 3.05) is 11.1 Å². The Balaban J connectivity index is 1.72. The standard InChI is InChI=1S/C17H15N3OS/c1-12-18-15-10-6-5-9-14(15)17(19-12)22-11-16(21)20-13-7-3-2-4-8-13/h2-10H,11H2,1H3,(H,20,21). The lowest BCUT2D eigenvalue weighted by molar-refractivity contribution is -0.113. The predicted octanol–water partition coefficient (Wildman–Crippen LogP) is 3.67.